The maximum Gasteiger partial charge on any atom is 0.123 e. The van der Waals surface area contributed by atoms with E-state index in [1.54, 1.807) is 14.2 Å². The van der Waals surface area contributed by atoms with Gasteiger partial charge in [-0.1, -0.05) is 0 Å². The van der Waals surface area contributed by atoms with Gasteiger partial charge in [-0.3, -0.25) is 4.90 Å². The van der Waals surface area contributed by atoms with Crippen LogP contribution in [0, 0.1) is 0 Å². The van der Waals surface area contributed by atoms with E-state index in [2.05, 4.69) is 11.8 Å². The average Bonchev–Trinajstić information content (AvgIpc) is 2.39. The van der Waals surface area contributed by atoms with Gasteiger partial charge in [0.2, 0.25) is 0 Å². The number of methoxy groups -OCH3 is 2. The molecular weight excluding hydrogens is 240 g/mol. The summed E-state index contributed by atoms with van der Waals surface area (Å²) in [4.78, 5) is 2.41. The summed E-state index contributed by atoms with van der Waals surface area (Å²) < 4.78 is 11.0. The van der Waals surface area contributed by atoms with Crippen molar-refractivity contribution in [3.8, 4) is 5.75 Å². The molecule has 4 heteroatoms. The zero-order valence-corrected chi connectivity index (χ0v) is 12.1. The average molecular weight is 264 g/mol. The minimum atomic E-state index is -0.0359. The van der Waals surface area contributed by atoms with Gasteiger partial charge < -0.3 is 15.2 Å². The van der Waals surface area contributed by atoms with Gasteiger partial charge in [-0.25, -0.2) is 0 Å². The summed E-state index contributed by atoms with van der Waals surface area (Å²) in [7, 11) is 3.50. The Morgan fingerprint density at radius 3 is 2.84 bits per heavy atom. The molecule has 0 spiro atoms. The van der Waals surface area contributed by atoms with Gasteiger partial charge in [-0.15, -0.1) is 0 Å². The second kappa shape index (κ2) is 5.80. The van der Waals surface area contributed by atoms with Crippen LogP contribution in [0.15, 0.2) is 18.2 Å². The Balaban J connectivity index is 2.10. The van der Waals surface area contributed by atoms with Crippen LogP contribution in [0.4, 0.5) is 5.69 Å². The Kier molecular flexibility index (Phi) is 4.32. The van der Waals surface area contributed by atoms with Crippen LogP contribution in [-0.4, -0.2) is 37.8 Å². The van der Waals surface area contributed by atoms with E-state index in [0.717, 1.165) is 49.5 Å². The molecule has 0 aliphatic carbocycles. The van der Waals surface area contributed by atoms with Crippen molar-refractivity contribution in [2.24, 2.45) is 0 Å². The molecule has 1 saturated heterocycles. The van der Waals surface area contributed by atoms with Gasteiger partial charge in [-0.05, 0) is 44.5 Å². The van der Waals surface area contributed by atoms with Crippen LogP contribution in [0.3, 0.4) is 0 Å². The highest BCUT2D eigenvalue weighted by molar-refractivity contribution is 5.47. The third kappa shape index (κ3) is 3.39. The van der Waals surface area contributed by atoms with Crippen molar-refractivity contribution in [3.05, 3.63) is 23.8 Å². The van der Waals surface area contributed by atoms with Gasteiger partial charge in [0, 0.05) is 31.5 Å². The van der Waals surface area contributed by atoms with E-state index in [1.807, 2.05) is 18.2 Å². The Hall–Kier alpha value is -1.26. The number of hydrogen-bond acceptors (Lipinski definition) is 4. The van der Waals surface area contributed by atoms with E-state index in [1.165, 1.54) is 0 Å². The maximum atomic E-state index is 5.87. The van der Waals surface area contributed by atoms with E-state index in [0.29, 0.717) is 0 Å². The summed E-state index contributed by atoms with van der Waals surface area (Å²) >= 11 is 0. The third-order valence-corrected chi connectivity index (χ3v) is 3.93. The molecule has 1 atom stereocenters. The lowest BCUT2D eigenvalue weighted by Crippen LogP contribution is -2.46. The van der Waals surface area contributed by atoms with Crippen molar-refractivity contribution in [2.45, 2.75) is 31.9 Å². The number of hydrogen-bond donors (Lipinski definition) is 1. The van der Waals surface area contributed by atoms with Gasteiger partial charge in [0.1, 0.15) is 5.75 Å². The molecule has 1 aliphatic rings. The molecule has 106 valence electrons. The first-order chi connectivity index (χ1) is 9.06. The summed E-state index contributed by atoms with van der Waals surface area (Å²) in [6.07, 6.45) is 2.28. The fraction of sp³-hybridized carbons (Fsp3) is 0.600. The number of nitrogens with zero attached hydrogens (tertiary/aromatic N) is 1. The fourth-order valence-corrected chi connectivity index (χ4v) is 2.77. The molecule has 0 saturated carbocycles. The van der Waals surface area contributed by atoms with Crippen LogP contribution in [-0.2, 0) is 11.3 Å². The molecular formula is C15H24N2O2. The molecule has 0 bridgehead atoms. The highest BCUT2D eigenvalue weighted by Gasteiger charge is 2.30. The summed E-state index contributed by atoms with van der Waals surface area (Å²) in [5.41, 5.74) is 7.75. The minimum absolute atomic E-state index is 0.0359. The number of ether oxygens (including phenoxy) is 2. The highest BCUT2D eigenvalue weighted by Crippen LogP contribution is 2.28. The molecule has 0 radical (unpaired) electrons. The first-order valence-electron chi connectivity index (χ1n) is 6.76. The summed E-state index contributed by atoms with van der Waals surface area (Å²) in [5.74, 6) is 0.902. The monoisotopic (exact) mass is 264 g/mol. The third-order valence-electron chi connectivity index (χ3n) is 3.93. The number of likely N-dealkylation sites (tertiary alicyclic amines) is 1. The molecule has 0 aromatic heterocycles. The van der Waals surface area contributed by atoms with Crippen molar-refractivity contribution < 1.29 is 9.47 Å². The van der Waals surface area contributed by atoms with Gasteiger partial charge in [-0.2, -0.15) is 0 Å². The second-order valence-electron chi connectivity index (χ2n) is 5.54. The van der Waals surface area contributed by atoms with E-state index >= 15 is 0 Å². The normalized spacial score (nSPS) is 24.4. The van der Waals surface area contributed by atoms with Crippen molar-refractivity contribution in [2.75, 3.05) is 33.0 Å². The molecule has 1 aliphatic heterocycles. The number of rotatable bonds is 4. The van der Waals surface area contributed by atoms with Crippen molar-refractivity contribution in [1.82, 2.24) is 4.90 Å². The number of nitrogens with two attached hydrogens (primary N) is 1. The molecule has 1 heterocycles. The molecule has 2 rings (SSSR count). The van der Waals surface area contributed by atoms with E-state index in [-0.39, 0.29) is 5.60 Å². The predicted molar refractivity (Wildman–Crippen MR) is 77.3 cm³/mol. The Morgan fingerprint density at radius 1 is 1.37 bits per heavy atom. The lowest BCUT2D eigenvalue weighted by molar-refractivity contribution is -0.0528. The van der Waals surface area contributed by atoms with Gasteiger partial charge in [0.25, 0.3) is 0 Å². The zero-order chi connectivity index (χ0) is 13.9. The van der Waals surface area contributed by atoms with Gasteiger partial charge in [0.15, 0.2) is 0 Å². The van der Waals surface area contributed by atoms with Crippen LogP contribution < -0.4 is 10.5 Å². The van der Waals surface area contributed by atoms with Crippen molar-refractivity contribution >= 4 is 5.69 Å². The van der Waals surface area contributed by atoms with E-state index in [9.17, 15) is 0 Å². The molecule has 1 unspecified atom stereocenters. The molecule has 1 aromatic rings. The standard InChI is InChI=1S/C15H24N2O2/c1-15(19-3)7-4-8-17(11-15)10-12-9-13(16)5-6-14(12)18-2/h5-6,9H,4,7-8,10-11,16H2,1-3H3. The van der Waals surface area contributed by atoms with Crippen molar-refractivity contribution in [3.63, 3.8) is 0 Å². The lowest BCUT2D eigenvalue weighted by atomic mass is 9.94. The number of nitrogen functional groups attached to an aromatic ring is 1. The van der Waals surface area contributed by atoms with Crippen LogP contribution >= 0.6 is 0 Å². The zero-order valence-electron chi connectivity index (χ0n) is 12.1. The Bertz CT molecular complexity index is 436. The topological polar surface area (TPSA) is 47.7 Å². The second-order valence-corrected chi connectivity index (χ2v) is 5.54. The number of benzene rings is 1. The predicted octanol–water partition coefficient (Wildman–Crippen LogP) is 2.28. The molecule has 4 nitrogen and oxygen atoms in total. The van der Waals surface area contributed by atoms with E-state index < -0.39 is 0 Å². The fourth-order valence-electron chi connectivity index (χ4n) is 2.77. The summed E-state index contributed by atoms with van der Waals surface area (Å²) in [5, 5.41) is 0. The van der Waals surface area contributed by atoms with Gasteiger partial charge >= 0.3 is 0 Å². The minimum Gasteiger partial charge on any atom is -0.496 e. The first kappa shape index (κ1) is 14.2. The highest BCUT2D eigenvalue weighted by atomic mass is 16.5. The van der Waals surface area contributed by atoms with Crippen LogP contribution in [0.5, 0.6) is 5.75 Å². The van der Waals surface area contributed by atoms with Crippen molar-refractivity contribution in [1.29, 1.82) is 0 Å². The SMILES string of the molecule is COc1ccc(N)cc1CN1CCCC(C)(OC)C1. The van der Waals surface area contributed by atoms with Crippen LogP contribution in [0.2, 0.25) is 0 Å². The number of anilines is 1. The number of piperidine rings is 1. The lowest BCUT2D eigenvalue weighted by Gasteiger charge is -2.39. The summed E-state index contributed by atoms with van der Waals surface area (Å²) in [6.45, 7) is 5.07. The Morgan fingerprint density at radius 2 is 2.16 bits per heavy atom. The first-order valence-corrected chi connectivity index (χ1v) is 6.76. The molecule has 19 heavy (non-hydrogen) atoms. The van der Waals surface area contributed by atoms with Crippen LogP contribution in [0.1, 0.15) is 25.3 Å². The smallest absolute Gasteiger partial charge is 0.123 e. The molecule has 0 amide bonds. The maximum absolute atomic E-state index is 5.87. The quantitative estimate of drug-likeness (QED) is 0.848. The molecule has 1 aromatic carbocycles. The van der Waals surface area contributed by atoms with Crippen LogP contribution in [0.25, 0.3) is 0 Å². The largest absolute Gasteiger partial charge is 0.496 e. The Labute approximate surface area is 115 Å². The molecule has 1 fully saturated rings. The van der Waals surface area contributed by atoms with Gasteiger partial charge in [0.05, 0.1) is 12.7 Å². The molecule has 2 N–H and O–H groups in total. The van der Waals surface area contributed by atoms with E-state index in [4.69, 9.17) is 15.2 Å². The summed E-state index contributed by atoms with van der Waals surface area (Å²) in [6, 6.07) is 5.81.